The van der Waals surface area contributed by atoms with E-state index in [4.69, 9.17) is 5.73 Å². The first-order valence-corrected chi connectivity index (χ1v) is 4.72. The van der Waals surface area contributed by atoms with E-state index in [1.54, 1.807) is 0 Å². The number of benzene rings is 1. The Labute approximate surface area is 88.4 Å². The highest BCUT2D eigenvalue weighted by atomic mass is 16.1. The number of hydrogen-bond donors (Lipinski definition) is 2. The van der Waals surface area contributed by atoms with Gasteiger partial charge in [-0.2, -0.15) is 0 Å². The van der Waals surface area contributed by atoms with Crippen LogP contribution in [-0.4, -0.2) is 18.4 Å². The van der Waals surface area contributed by atoms with E-state index in [2.05, 4.69) is 5.32 Å². The Morgan fingerprint density at radius 1 is 1.53 bits per heavy atom. The van der Waals surface area contributed by atoms with Gasteiger partial charge in [-0.1, -0.05) is 6.07 Å². The van der Waals surface area contributed by atoms with Crippen molar-refractivity contribution in [1.82, 2.24) is 4.90 Å². The van der Waals surface area contributed by atoms with Crippen LogP contribution in [0.15, 0.2) is 24.0 Å². The molecule has 4 nitrogen and oxygen atoms in total. The van der Waals surface area contributed by atoms with Gasteiger partial charge in [0.1, 0.15) is 0 Å². The maximum atomic E-state index is 10.3. The van der Waals surface area contributed by atoms with E-state index < -0.39 is 0 Å². The van der Waals surface area contributed by atoms with Gasteiger partial charge in [0.25, 0.3) is 0 Å². The van der Waals surface area contributed by atoms with E-state index in [0.29, 0.717) is 6.41 Å². The van der Waals surface area contributed by atoms with Crippen molar-refractivity contribution in [2.75, 3.05) is 12.4 Å². The Kier molecular flexibility index (Phi) is 2.33. The molecule has 1 amide bonds. The summed E-state index contributed by atoms with van der Waals surface area (Å²) in [6, 6.07) is 5.81. The lowest BCUT2D eigenvalue weighted by atomic mass is 10.0. The Morgan fingerprint density at radius 2 is 2.33 bits per heavy atom. The third-order valence-electron chi connectivity index (χ3n) is 2.52. The molecule has 15 heavy (non-hydrogen) atoms. The molecular formula is C11H13N3O. The van der Waals surface area contributed by atoms with Crippen LogP contribution in [0.3, 0.4) is 0 Å². The second-order valence-corrected chi connectivity index (χ2v) is 3.60. The zero-order valence-corrected chi connectivity index (χ0v) is 8.53. The number of carbonyl (C=O) groups excluding carboxylic acids is 1. The highest BCUT2D eigenvalue weighted by Crippen LogP contribution is 2.23. The van der Waals surface area contributed by atoms with Crippen molar-refractivity contribution in [3.8, 4) is 0 Å². The summed E-state index contributed by atoms with van der Waals surface area (Å²) < 4.78 is 0. The molecule has 0 bridgehead atoms. The largest absolute Gasteiger partial charge is 0.385 e. The number of nitrogens with zero attached hydrogens (tertiary/aromatic N) is 1. The fourth-order valence-corrected chi connectivity index (χ4v) is 1.65. The number of hydrogen-bond acceptors (Lipinski definition) is 3. The van der Waals surface area contributed by atoms with E-state index in [1.165, 1.54) is 5.56 Å². The Hall–Kier alpha value is -1.97. The van der Waals surface area contributed by atoms with Crippen LogP contribution in [-0.2, 0) is 11.3 Å². The van der Waals surface area contributed by atoms with E-state index in [-0.39, 0.29) is 0 Å². The van der Waals surface area contributed by atoms with E-state index in [9.17, 15) is 4.79 Å². The molecule has 2 rings (SSSR count). The van der Waals surface area contributed by atoms with Crippen LogP contribution < -0.4 is 11.1 Å². The molecule has 0 fully saturated rings. The van der Waals surface area contributed by atoms with E-state index >= 15 is 0 Å². The summed E-state index contributed by atoms with van der Waals surface area (Å²) >= 11 is 0. The quantitative estimate of drug-likeness (QED) is 0.704. The van der Waals surface area contributed by atoms with Gasteiger partial charge in [0.15, 0.2) is 0 Å². The van der Waals surface area contributed by atoms with Crippen LogP contribution in [0.1, 0.15) is 11.1 Å². The normalized spacial score (nSPS) is 14.2. The fourth-order valence-electron chi connectivity index (χ4n) is 1.65. The molecule has 1 aliphatic heterocycles. The summed E-state index contributed by atoms with van der Waals surface area (Å²) in [4.78, 5) is 12.3. The molecule has 3 N–H and O–H groups in total. The van der Waals surface area contributed by atoms with Crippen LogP contribution in [0.25, 0.3) is 6.08 Å². The van der Waals surface area contributed by atoms with E-state index in [1.807, 2.05) is 36.2 Å². The molecule has 0 aliphatic carbocycles. The molecule has 0 spiro atoms. The van der Waals surface area contributed by atoms with Gasteiger partial charge in [-0.15, -0.1) is 0 Å². The smallest absolute Gasteiger partial charge is 0.211 e. The average molecular weight is 203 g/mol. The molecule has 1 aliphatic rings. The molecule has 78 valence electrons. The molecule has 0 saturated heterocycles. The SMILES string of the molecule is CN1Cc2ccc(NC=O)cc2C=C1N. The lowest BCUT2D eigenvalue weighted by molar-refractivity contribution is -0.105. The monoisotopic (exact) mass is 203 g/mol. The van der Waals surface area contributed by atoms with Gasteiger partial charge in [-0.25, -0.2) is 0 Å². The third kappa shape index (κ3) is 1.79. The molecule has 1 aromatic carbocycles. The highest BCUT2D eigenvalue weighted by molar-refractivity contribution is 5.74. The van der Waals surface area contributed by atoms with Crippen molar-refractivity contribution >= 4 is 18.2 Å². The second-order valence-electron chi connectivity index (χ2n) is 3.60. The van der Waals surface area contributed by atoms with Gasteiger partial charge in [0.2, 0.25) is 6.41 Å². The predicted molar refractivity (Wildman–Crippen MR) is 59.8 cm³/mol. The topological polar surface area (TPSA) is 58.4 Å². The summed E-state index contributed by atoms with van der Waals surface area (Å²) in [6.45, 7) is 0.805. The number of nitrogens with two attached hydrogens (primary N) is 1. The van der Waals surface area contributed by atoms with Gasteiger partial charge < -0.3 is 16.0 Å². The van der Waals surface area contributed by atoms with Crippen molar-refractivity contribution in [3.63, 3.8) is 0 Å². The molecule has 0 atom stereocenters. The van der Waals surface area contributed by atoms with Gasteiger partial charge in [-0.05, 0) is 29.3 Å². The van der Waals surface area contributed by atoms with Gasteiger partial charge in [0.05, 0.1) is 5.82 Å². The average Bonchev–Trinajstić information content (AvgIpc) is 2.21. The minimum absolute atomic E-state index is 0.670. The molecule has 4 heteroatoms. The number of amides is 1. The van der Waals surface area contributed by atoms with E-state index in [0.717, 1.165) is 23.6 Å². The minimum atomic E-state index is 0.670. The Balaban J connectivity index is 2.39. The van der Waals surface area contributed by atoms with Crippen molar-refractivity contribution < 1.29 is 4.79 Å². The van der Waals surface area contributed by atoms with Crippen molar-refractivity contribution in [1.29, 1.82) is 0 Å². The maximum absolute atomic E-state index is 10.3. The molecule has 0 unspecified atom stereocenters. The minimum Gasteiger partial charge on any atom is -0.385 e. The number of rotatable bonds is 2. The maximum Gasteiger partial charge on any atom is 0.211 e. The Morgan fingerprint density at radius 3 is 3.07 bits per heavy atom. The lowest BCUT2D eigenvalue weighted by Gasteiger charge is -2.25. The van der Waals surface area contributed by atoms with Crippen molar-refractivity contribution in [3.05, 3.63) is 35.1 Å². The fraction of sp³-hybridized carbons (Fsp3) is 0.182. The van der Waals surface area contributed by atoms with Crippen LogP contribution in [0.5, 0.6) is 0 Å². The Bertz CT molecular complexity index is 426. The summed E-state index contributed by atoms with van der Waals surface area (Å²) in [5.74, 6) is 0.741. The first kappa shape index (κ1) is 9.58. The van der Waals surface area contributed by atoms with Crippen molar-refractivity contribution in [2.24, 2.45) is 5.73 Å². The van der Waals surface area contributed by atoms with Gasteiger partial charge in [-0.3, -0.25) is 4.79 Å². The first-order chi connectivity index (χ1) is 7.20. The third-order valence-corrected chi connectivity index (χ3v) is 2.52. The first-order valence-electron chi connectivity index (χ1n) is 4.72. The number of nitrogens with one attached hydrogen (secondary N) is 1. The highest BCUT2D eigenvalue weighted by Gasteiger charge is 2.12. The number of carbonyl (C=O) groups is 1. The zero-order chi connectivity index (χ0) is 10.8. The molecule has 1 aromatic rings. The lowest BCUT2D eigenvalue weighted by Crippen LogP contribution is -2.26. The predicted octanol–water partition coefficient (Wildman–Crippen LogP) is 0.957. The molecule has 0 radical (unpaired) electrons. The standard InChI is InChI=1S/C11H13N3O/c1-14-6-8-2-3-10(13-7-15)4-9(8)5-11(14)12/h2-5,7H,6,12H2,1H3,(H,13,15). The van der Waals surface area contributed by atoms with Gasteiger partial charge in [0, 0.05) is 19.3 Å². The molecule has 1 heterocycles. The van der Waals surface area contributed by atoms with Gasteiger partial charge >= 0.3 is 0 Å². The second kappa shape index (κ2) is 3.65. The number of fused-ring (bicyclic) bond motifs is 1. The summed E-state index contributed by atoms with van der Waals surface area (Å²) in [5, 5.41) is 2.62. The van der Waals surface area contributed by atoms with Crippen molar-refractivity contribution in [2.45, 2.75) is 6.54 Å². The van der Waals surface area contributed by atoms with Crippen LogP contribution in [0.2, 0.25) is 0 Å². The molecule has 0 aromatic heterocycles. The summed E-state index contributed by atoms with van der Waals surface area (Å²) in [7, 11) is 1.95. The van der Waals surface area contributed by atoms with Crippen LogP contribution in [0, 0.1) is 0 Å². The molecular weight excluding hydrogens is 190 g/mol. The number of anilines is 1. The summed E-state index contributed by atoms with van der Waals surface area (Å²) in [5.41, 5.74) is 8.88. The molecule has 0 saturated carbocycles. The van der Waals surface area contributed by atoms with Crippen LogP contribution >= 0.6 is 0 Å². The van der Waals surface area contributed by atoms with Crippen LogP contribution in [0.4, 0.5) is 5.69 Å². The summed E-state index contributed by atoms with van der Waals surface area (Å²) in [6.07, 6.45) is 2.58. The zero-order valence-electron chi connectivity index (χ0n) is 8.53.